The molecule has 2 rings (SSSR count). The normalized spacial score (nSPS) is 14.3. The summed E-state index contributed by atoms with van der Waals surface area (Å²) in [5.41, 5.74) is 4.13. The zero-order valence-corrected chi connectivity index (χ0v) is 19.3. The summed E-state index contributed by atoms with van der Waals surface area (Å²) in [5, 5.41) is -0.943. The van der Waals surface area contributed by atoms with Crippen LogP contribution in [0.2, 0.25) is 0 Å². The molecule has 0 atom stereocenters. The van der Waals surface area contributed by atoms with E-state index in [9.17, 15) is 0 Å². The Morgan fingerprint density at radius 2 is 1.48 bits per heavy atom. The van der Waals surface area contributed by atoms with Crippen molar-refractivity contribution >= 4 is 25.7 Å². The quantitative estimate of drug-likeness (QED) is 0.632. The van der Waals surface area contributed by atoms with Crippen LogP contribution in [-0.2, 0) is 10.6 Å². The number of hydrogen-bond acceptors (Lipinski definition) is 1. The van der Waals surface area contributed by atoms with Crippen LogP contribution in [0.1, 0.15) is 52.7 Å². The number of rotatable bonds is 3. The van der Waals surface area contributed by atoms with E-state index in [2.05, 4.69) is 90.6 Å². The molecule has 0 aliphatic carbocycles. The molecule has 1 nitrogen and oxygen atoms in total. The van der Waals surface area contributed by atoms with Crippen molar-refractivity contribution in [3.8, 4) is 11.3 Å². The molecule has 0 aliphatic heterocycles. The molecular formula is C23H33B2NS. The Balaban J connectivity index is 2.71. The zero-order chi connectivity index (χ0) is 20.8. The van der Waals surface area contributed by atoms with Crippen LogP contribution in [0.15, 0.2) is 41.4 Å². The number of pyridine rings is 1. The molecule has 142 valence electrons. The van der Waals surface area contributed by atoms with Gasteiger partial charge in [-0.25, -0.2) is 10.0 Å². The first kappa shape index (κ1) is 22.1. The molecule has 0 amide bonds. The summed E-state index contributed by atoms with van der Waals surface area (Å²) in [5.74, 6) is 0. The van der Waals surface area contributed by atoms with Gasteiger partial charge in [-0.2, -0.15) is 0 Å². The van der Waals surface area contributed by atoms with Gasteiger partial charge in [-0.1, -0.05) is 65.0 Å². The van der Waals surface area contributed by atoms with Gasteiger partial charge in [-0.05, 0) is 52.9 Å². The zero-order valence-electron chi connectivity index (χ0n) is 18.5. The third kappa shape index (κ3) is 4.65. The maximum absolute atomic E-state index is 6.72. The fraction of sp³-hybridized carbons (Fsp3) is 0.522. The summed E-state index contributed by atoms with van der Waals surface area (Å²) in [7, 11) is 12.4. The first-order chi connectivity index (χ1) is 12.0. The van der Waals surface area contributed by atoms with Crippen molar-refractivity contribution < 1.29 is 0 Å². The Morgan fingerprint density at radius 1 is 0.889 bits per heavy atom. The van der Waals surface area contributed by atoms with E-state index in [1.807, 2.05) is 6.20 Å². The minimum atomic E-state index is -1.03. The molecule has 4 radical (unpaired) electrons. The average Bonchev–Trinajstić information content (AvgIpc) is 2.51. The Morgan fingerprint density at radius 3 is 1.96 bits per heavy atom. The van der Waals surface area contributed by atoms with Gasteiger partial charge in [0.2, 0.25) is 0 Å². The molecule has 0 saturated heterocycles. The van der Waals surface area contributed by atoms with Crippen LogP contribution in [0.3, 0.4) is 0 Å². The topological polar surface area (TPSA) is 12.9 Å². The van der Waals surface area contributed by atoms with Crippen molar-refractivity contribution in [2.45, 2.75) is 57.1 Å². The summed E-state index contributed by atoms with van der Waals surface area (Å²) < 4.78 is 0. The molecule has 1 aromatic heterocycles. The third-order valence-electron chi connectivity index (χ3n) is 5.24. The smallest absolute Gasteiger partial charge is 0.0705 e. The Hall–Kier alpha value is -1.15. The van der Waals surface area contributed by atoms with Gasteiger partial charge in [0.15, 0.2) is 0 Å². The molecule has 1 heterocycles. The fourth-order valence-corrected chi connectivity index (χ4v) is 4.22. The lowest BCUT2D eigenvalue weighted by molar-refractivity contribution is 0.355. The summed E-state index contributed by atoms with van der Waals surface area (Å²) in [4.78, 5) is 5.98. The summed E-state index contributed by atoms with van der Waals surface area (Å²) in [6.07, 6.45) is 8.76. The molecule has 2 aromatic rings. The van der Waals surface area contributed by atoms with Crippen molar-refractivity contribution in [1.29, 1.82) is 0 Å². The van der Waals surface area contributed by atoms with E-state index < -0.39 is 15.2 Å². The van der Waals surface area contributed by atoms with Crippen molar-refractivity contribution in [3.63, 3.8) is 0 Å². The van der Waals surface area contributed by atoms with Crippen LogP contribution in [-0.4, -0.2) is 39.4 Å². The molecule has 0 fully saturated rings. The molecule has 0 bridgehead atoms. The van der Waals surface area contributed by atoms with Crippen LogP contribution in [0.25, 0.3) is 11.3 Å². The second-order valence-electron chi connectivity index (χ2n) is 10.4. The first-order valence-electron chi connectivity index (χ1n) is 9.43. The molecule has 1 aromatic carbocycles. The van der Waals surface area contributed by atoms with E-state index in [-0.39, 0.29) is 10.8 Å². The van der Waals surface area contributed by atoms with Gasteiger partial charge in [-0.15, -0.1) is 0 Å². The predicted octanol–water partition coefficient (Wildman–Crippen LogP) is 5.63. The van der Waals surface area contributed by atoms with Gasteiger partial charge in [0.25, 0.3) is 0 Å². The number of hydrogen-bond donors (Lipinski definition) is 0. The van der Waals surface area contributed by atoms with E-state index in [0.29, 0.717) is 0 Å². The van der Waals surface area contributed by atoms with E-state index >= 15 is 0 Å². The van der Waals surface area contributed by atoms with E-state index in [1.165, 1.54) is 10.5 Å². The van der Waals surface area contributed by atoms with E-state index in [4.69, 9.17) is 20.7 Å². The standard InChI is InChI=1S/C23H33B2NS/c1-21(2,3)17-12-10-11-16(13-17)19-14-18(23(24,25)22(4,5)6)20(15-26-19)27(7,8)9/h10-15H,1-9H3. The van der Waals surface area contributed by atoms with Gasteiger partial charge < -0.3 is 0 Å². The lowest BCUT2D eigenvalue weighted by atomic mass is 9.41. The highest BCUT2D eigenvalue weighted by atomic mass is 32.3. The van der Waals surface area contributed by atoms with Gasteiger partial charge in [0, 0.05) is 16.7 Å². The molecule has 4 heteroatoms. The molecule has 0 N–H and O–H groups in total. The minimum Gasteiger partial charge on any atom is -0.255 e. The van der Waals surface area contributed by atoms with Crippen molar-refractivity contribution in [1.82, 2.24) is 4.98 Å². The molecule has 27 heavy (non-hydrogen) atoms. The van der Waals surface area contributed by atoms with E-state index in [1.54, 1.807) is 0 Å². The average molecular weight is 377 g/mol. The molecule has 0 spiro atoms. The van der Waals surface area contributed by atoms with Crippen LogP contribution in [0, 0.1) is 5.41 Å². The molecular weight excluding hydrogens is 344 g/mol. The number of aromatic nitrogens is 1. The minimum absolute atomic E-state index is 0.0885. The summed E-state index contributed by atoms with van der Waals surface area (Å²) in [6.45, 7) is 12.9. The van der Waals surface area contributed by atoms with E-state index in [0.717, 1.165) is 16.8 Å². The summed E-state index contributed by atoms with van der Waals surface area (Å²) >= 11 is 0. The van der Waals surface area contributed by atoms with Crippen LogP contribution in [0.4, 0.5) is 0 Å². The van der Waals surface area contributed by atoms with Gasteiger partial charge in [0.1, 0.15) is 0 Å². The van der Waals surface area contributed by atoms with Crippen molar-refractivity contribution in [2.75, 3.05) is 18.8 Å². The largest absolute Gasteiger partial charge is 0.255 e. The van der Waals surface area contributed by atoms with Crippen LogP contribution < -0.4 is 0 Å². The molecule has 0 saturated carbocycles. The van der Waals surface area contributed by atoms with Gasteiger partial charge in [0.05, 0.1) is 21.4 Å². The van der Waals surface area contributed by atoms with Crippen molar-refractivity contribution in [3.05, 3.63) is 47.7 Å². The van der Waals surface area contributed by atoms with Gasteiger partial charge in [-0.3, -0.25) is 4.98 Å². The fourth-order valence-electron chi connectivity index (χ4n) is 2.96. The summed E-state index contributed by atoms with van der Waals surface area (Å²) in [6, 6.07) is 10.7. The van der Waals surface area contributed by atoms with Crippen molar-refractivity contribution in [2.24, 2.45) is 5.41 Å². The predicted molar refractivity (Wildman–Crippen MR) is 125 cm³/mol. The third-order valence-corrected chi connectivity index (χ3v) is 6.88. The Kier molecular flexibility index (Phi) is 5.76. The van der Waals surface area contributed by atoms with Crippen LogP contribution >= 0.6 is 10.0 Å². The maximum atomic E-state index is 6.72. The number of benzene rings is 1. The SMILES string of the molecule is [B]C([B])(c1cc(-c2cccc(C(C)(C)C)c2)ncc1S(C)(C)C)C(C)(C)C. The lowest BCUT2D eigenvalue weighted by Gasteiger charge is -2.44. The second-order valence-corrected chi connectivity index (χ2v) is 14.5. The highest BCUT2D eigenvalue weighted by molar-refractivity contribution is 8.32. The second kappa shape index (κ2) is 7.03. The highest BCUT2D eigenvalue weighted by Crippen LogP contribution is 2.51. The number of nitrogens with zero attached hydrogens (tertiary/aromatic N) is 1. The highest BCUT2D eigenvalue weighted by Gasteiger charge is 2.36. The first-order valence-corrected chi connectivity index (χ1v) is 12.3. The molecule has 0 unspecified atom stereocenters. The lowest BCUT2D eigenvalue weighted by Crippen LogP contribution is -2.42. The molecule has 0 aliphatic rings. The maximum Gasteiger partial charge on any atom is 0.0705 e. The van der Waals surface area contributed by atoms with Gasteiger partial charge >= 0.3 is 0 Å². The Labute approximate surface area is 170 Å². The Bertz CT molecular complexity index is 821. The monoisotopic (exact) mass is 377 g/mol. The van der Waals surface area contributed by atoms with Crippen LogP contribution in [0.5, 0.6) is 0 Å².